The van der Waals surface area contributed by atoms with Crippen LogP contribution in [0.3, 0.4) is 0 Å². The molecule has 0 aliphatic heterocycles. The Morgan fingerprint density at radius 3 is 2.00 bits per heavy atom. The van der Waals surface area contributed by atoms with Gasteiger partial charge in [-0.3, -0.25) is 19.2 Å². The van der Waals surface area contributed by atoms with Gasteiger partial charge in [0.05, 0.1) is 7.11 Å². The second-order valence-corrected chi connectivity index (χ2v) is 3.41. The van der Waals surface area contributed by atoms with E-state index >= 15 is 0 Å². The molecule has 5 N–H and O–H groups in total. The van der Waals surface area contributed by atoms with E-state index in [2.05, 4.69) is 4.84 Å². The molecule has 18 heavy (non-hydrogen) atoms. The van der Waals surface area contributed by atoms with Crippen LogP contribution < -0.4 is 11.2 Å². The molecule has 0 rings (SSSR count). The zero-order chi connectivity index (χ0) is 14.3. The number of ketones is 2. The molecule has 0 aromatic heterocycles. The first-order valence-electron chi connectivity index (χ1n) is 4.85. The van der Waals surface area contributed by atoms with E-state index < -0.39 is 48.4 Å². The van der Waals surface area contributed by atoms with Crippen molar-refractivity contribution < 1.29 is 34.2 Å². The summed E-state index contributed by atoms with van der Waals surface area (Å²) in [6.07, 6.45) is -1.32. The van der Waals surface area contributed by atoms with E-state index in [9.17, 15) is 19.2 Å². The minimum atomic E-state index is -1.49. The molecule has 0 spiro atoms. The lowest BCUT2D eigenvalue weighted by molar-refractivity contribution is -0.147. The molecule has 102 valence electrons. The molecule has 0 amide bonds. The highest BCUT2D eigenvalue weighted by Gasteiger charge is 2.27. The van der Waals surface area contributed by atoms with Crippen molar-refractivity contribution in [1.82, 2.24) is 5.48 Å². The Morgan fingerprint density at radius 1 is 1.11 bits per heavy atom. The fourth-order valence-corrected chi connectivity index (χ4v) is 1.02. The van der Waals surface area contributed by atoms with Crippen LogP contribution in [0, 0.1) is 0 Å². The van der Waals surface area contributed by atoms with Gasteiger partial charge in [0.15, 0.2) is 0 Å². The van der Waals surface area contributed by atoms with Crippen molar-refractivity contribution in [1.29, 1.82) is 0 Å². The van der Waals surface area contributed by atoms with Crippen molar-refractivity contribution in [3.05, 3.63) is 0 Å². The predicted molar refractivity (Wildman–Crippen MR) is 56.4 cm³/mol. The number of aliphatic carboxylic acids is 2. The Hall–Kier alpha value is -1.84. The van der Waals surface area contributed by atoms with Crippen LogP contribution in [0.1, 0.15) is 12.8 Å². The second-order valence-electron chi connectivity index (χ2n) is 3.41. The molecule has 0 bridgehead atoms. The molecular formula is C9H14N2O7. The molecule has 0 aromatic rings. The van der Waals surface area contributed by atoms with Gasteiger partial charge in [0, 0.05) is 12.8 Å². The first-order valence-corrected chi connectivity index (χ1v) is 4.85. The fourth-order valence-electron chi connectivity index (χ4n) is 1.02. The summed E-state index contributed by atoms with van der Waals surface area (Å²) >= 11 is 0. The Bertz CT molecular complexity index is 355. The average molecular weight is 262 g/mol. The number of carbonyl (C=O) groups is 4. The number of hydrogen-bond acceptors (Lipinski definition) is 7. The van der Waals surface area contributed by atoms with Gasteiger partial charge in [0.25, 0.3) is 0 Å². The van der Waals surface area contributed by atoms with Crippen LogP contribution in [0.5, 0.6) is 0 Å². The van der Waals surface area contributed by atoms with Crippen LogP contribution in [0.4, 0.5) is 0 Å². The summed E-state index contributed by atoms with van der Waals surface area (Å²) in [5.41, 5.74) is 7.10. The largest absolute Gasteiger partial charge is 0.480 e. The van der Waals surface area contributed by atoms with Crippen LogP contribution >= 0.6 is 0 Å². The summed E-state index contributed by atoms with van der Waals surface area (Å²) in [6, 6.07) is -2.87. The maximum atomic E-state index is 11.3. The Balaban J connectivity index is 4.42. The van der Waals surface area contributed by atoms with E-state index in [0.717, 1.165) is 7.11 Å². The SMILES string of the molecule is CONC(CC(=O)C(=O)CC(N)C(=O)O)C(=O)O. The van der Waals surface area contributed by atoms with Gasteiger partial charge in [0.2, 0.25) is 11.6 Å². The summed E-state index contributed by atoms with van der Waals surface area (Å²) in [6.45, 7) is 0. The molecule has 0 saturated heterocycles. The minimum absolute atomic E-state index is 0.644. The van der Waals surface area contributed by atoms with Crippen LogP contribution in [-0.2, 0) is 24.0 Å². The second kappa shape index (κ2) is 7.48. The molecule has 9 heteroatoms. The lowest BCUT2D eigenvalue weighted by atomic mass is 10.0. The number of nitrogens with two attached hydrogens (primary N) is 1. The maximum Gasteiger partial charge on any atom is 0.323 e. The topological polar surface area (TPSA) is 156 Å². The first kappa shape index (κ1) is 16.2. The van der Waals surface area contributed by atoms with E-state index in [1.165, 1.54) is 0 Å². The molecular weight excluding hydrogens is 248 g/mol. The molecule has 0 radical (unpaired) electrons. The van der Waals surface area contributed by atoms with Crippen LogP contribution in [-0.4, -0.2) is 52.9 Å². The van der Waals surface area contributed by atoms with Gasteiger partial charge in [-0.1, -0.05) is 0 Å². The zero-order valence-electron chi connectivity index (χ0n) is 9.58. The number of hydroxylamine groups is 1. The number of carboxylic acid groups (broad SMARTS) is 2. The third-order valence-corrected chi connectivity index (χ3v) is 1.98. The van der Waals surface area contributed by atoms with Crippen LogP contribution in [0.25, 0.3) is 0 Å². The fraction of sp³-hybridized carbons (Fsp3) is 0.556. The molecule has 2 atom stereocenters. The van der Waals surface area contributed by atoms with Gasteiger partial charge >= 0.3 is 11.9 Å². The third kappa shape index (κ3) is 5.48. The number of nitrogens with one attached hydrogen (secondary N) is 1. The summed E-state index contributed by atoms with van der Waals surface area (Å²) in [4.78, 5) is 48.0. The highest BCUT2D eigenvalue weighted by molar-refractivity contribution is 6.38. The van der Waals surface area contributed by atoms with E-state index in [1.54, 1.807) is 0 Å². The molecule has 0 heterocycles. The highest BCUT2D eigenvalue weighted by atomic mass is 16.6. The molecule has 0 aliphatic carbocycles. The summed E-state index contributed by atoms with van der Waals surface area (Å²) in [5.74, 6) is -4.85. The monoisotopic (exact) mass is 262 g/mol. The normalized spacial score (nSPS) is 13.7. The van der Waals surface area contributed by atoms with E-state index in [1.807, 2.05) is 5.48 Å². The number of carboxylic acids is 2. The lowest BCUT2D eigenvalue weighted by Crippen LogP contribution is -2.40. The Kier molecular flexibility index (Phi) is 6.71. The van der Waals surface area contributed by atoms with Gasteiger partial charge in [-0.15, -0.1) is 0 Å². The summed E-state index contributed by atoms with van der Waals surface area (Å²) in [5, 5.41) is 17.1. The van der Waals surface area contributed by atoms with E-state index in [4.69, 9.17) is 15.9 Å². The highest BCUT2D eigenvalue weighted by Crippen LogP contribution is 2.00. The number of carbonyl (C=O) groups excluding carboxylic acids is 2. The summed E-state index contributed by atoms with van der Waals surface area (Å²) in [7, 11) is 1.16. The molecule has 9 nitrogen and oxygen atoms in total. The first-order chi connectivity index (χ1) is 8.29. The average Bonchev–Trinajstić information content (AvgIpc) is 2.27. The minimum Gasteiger partial charge on any atom is -0.480 e. The van der Waals surface area contributed by atoms with Crippen LogP contribution in [0.2, 0.25) is 0 Å². The summed E-state index contributed by atoms with van der Waals surface area (Å²) < 4.78 is 0. The van der Waals surface area contributed by atoms with Crippen molar-refractivity contribution in [2.75, 3.05) is 7.11 Å². The molecule has 0 fully saturated rings. The van der Waals surface area contributed by atoms with Crippen molar-refractivity contribution in [2.45, 2.75) is 24.9 Å². The Morgan fingerprint density at radius 2 is 1.61 bits per heavy atom. The van der Waals surface area contributed by atoms with Gasteiger partial charge < -0.3 is 20.8 Å². The standard InChI is InChI=1S/C9H14N2O7/c1-18-11-5(9(16)17)3-7(13)6(12)2-4(10)8(14)15/h4-5,11H,2-3,10H2,1H3,(H,14,15)(H,16,17). The van der Waals surface area contributed by atoms with Gasteiger partial charge in [-0.05, 0) is 0 Å². The maximum absolute atomic E-state index is 11.3. The van der Waals surface area contributed by atoms with Gasteiger partial charge in [-0.2, -0.15) is 5.48 Å². The van der Waals surface area contributed by atoms with Gasteiger partial charge in [0.1, 0.15) is 12.1 Å². The number of Topliss-reactive ketones (excluding diaryl/α,β-unsaturated/α-hetero) is 2. The van der Waals surface area contributed by atoms with E-state index in [0.29, 0.717) is 0 Å². The van der Waals surface area contributed by atoms with Crippen molar-refractivity contribution in [3.63, 3.8) is 0 Å². The molecule has 0 aliphatic rings. The van der Waals surface area contributed by atoms with Gasteiger partial charge in [-0.25, -0.2) is 0 Å². The van der Waals surface area contributed by atoms with Crippen molar-refractivity contribution >= 4 is 23.5 Å². The molecule has 2 unspecified atom stereocenters. The Labute approximate surface area is 102 Å². The quantitative estimate of drug-likeness (QED) is 0.270. The van der Waals surface area contributed by atoms with Crippen LogP contribution in [0.15, 0.2) is 0 Å². The number of rotatable bonds is 9. The van der Waals surface area contributed by atoms with E-state index in [-0.39, 0.29) is 0 Å². The predicted octanol–water partition coefficient (Wildman–Crippen LogP) is -2.08. The molecule has 0 aromatic carbocycles. The number of hydrogen-bond donors (Lipinski definition) is 4. The lowest BCUT2D eigenvalue weighted by Gasteiger charge is -2.11. The van der Waals surface area contributed by atoms with Crippen molar-refractivity contribution in [3.8, 4) is 0 Å². The smallest absolute Gasteiger partial charge is 0.323 e. The zero-order valence-corrected chi connectivity index (χ0v) is 9.58. The molecule has 0 saturated carbocycles. The van der Waals surface area contributed by atoms with Crippen molar-refractivity contribution in [2.24, 2.45) is 5.73 Å². The third-order valence-electron chi connectivity index (χ3n) is 1.98.